The van der Waals surface area contributed by atoms with E-state index in [0.29, 0.717) is 11.6 Å². The summed E-state index contributed by atoms with van der Waals surface area (Å²) in [5.74, 6) is -0.123. The fourth-order valence-electron chi connectivity index (χ4n) is 2.70. The number of hydrogen-bond donors (Lipinski definition) is 3. The van der Waals surface area contributed by atoms with E-state index in [-0.39, 0.29) is 18.3 Å². The van der Waals surface area contributed by atoms with Crippen LogP contribution in [-0.2, 0) is 6.42 Å². The van der Waals surface area contributed by atoms with Crippen molar-refractivity contribution in [3.05, 3.63) is 54.1 Å². The molecule has 0 spiro atoms. The van der Waals surface area contributed by atoms with Crippen LogP contribution in [0, 0.1) is 5.82 Å². The average Bonchev–Trinajstić information content (AvgIpc) is 2.74. The predicted octanol–water partition coefficient (Wildman–Crippen LogP) is 3.79. The van der Waals surface area contributed by atoms with Gasteiger partial charge in [0.25, 0.3) is 0 Å². The number of aromatic nitrogens is 3. The molecule has 0 fully saturated rings. The Labute approximate surface area is 169 Å². The molecule has 0 bridgehead atoms. The van der Waals surface area contributed by atoms with Gasteiger partial charge in [0.15, 0.2) is 11.6 Å². The molecule has 0 saturated carbocycles. The van der Waals surface area contributed by atoms with Gasteiger partial charge in [0.05, 0.1) is 19.4 Å². The van der Waals surface area contributed by atoms with E-state index in [1.165, 1.54) is 12.7 Å². The Balaban J connectivity index is 1.90. The lowest BCUT2D eigenvalue weighted by Crippen LogP contribution is -2.17. The van der Waals surface area contributed by atoms with E-state index < -0.39 is 11.9 Å². The maximum atomic E-state index is 14.3. The summed E-state index contributed by atoms with van der Waals surface area (Å²) in [6.07, 6.45) is 3.15. The van der Waals surface area contributed by atoms with Gasteiger partial charge >= 0.3 is 0 Å². The summed E-state index contributed by atoms with van der Waals surface area (Å²) < 4.78 is 19.6. The first-order valence-corrected chi connectivity index (χ1v) is 9.35. The Morgan fingerprint density at radius 3 is 2.55 bits per heavy atom. The average molecular weight is 397 g/mol. The van der Waals surface area contributed by atoms with Crippen LogP contribution in [0.25, 0.3) is 11.1 Å². The van der Waals surface area contributed by atoms with Crippen LogP contribution < -0.4 is 15.4 Å². The third-order valence-electron chi connectivity index (χ3n) is 4.29. The van der Waals surface area contributed by atoms with Crippen LogP contribution in [0.4, 0.5) is 21.8 Å². The Bertz CT molecular complexity index is 964. The standard InChI is InChI=1S/C21H24FN5O2/c1-4-14-5-7-15(8-6-14)16-9-18(20(29-3)23-11-16)26-19-17(22)12-25-21(27-19)24-10-13(2)28/h5-9,11-13,28H,4,10H2,1-3H3,(H2,24,25,26,27)/t13-/m1/s1. The molecule has 0 aliphatic heterocycles. The number of hydrogen-bond acceptors (Lipinski definition) is 7. The molecule has 0 aliphatic carbocycles. The number of aliphatic hydroxyl groups is 1. The summed E-state index contributed by atoms with van der Waals surface area (Å²) in [5, 5.41) is 15.2. The largest absolute Gasteiger partial charge is 0.480 e. The van der Waals surface area contributed by atoms with Gasteiger partial charge in [-0.05, 0) is 30.5 Å². The molecule has 0 amide bonds. The van der Waals surface area contributed by atoms with Gasteiger partial charge in [0.1, 0.15) is 5.69 Å². The lowest BCUT2D eigenvalue weighted by atomic mass is 10.0. The summed E-state index contributed by atoms with van der Waals surface area (Å²) in [7, 11) is 1.50. The molecule has 0 unspecified atom stereocenters. The van der Waals surface area contributed by atoms with Crippen molar-refractivity contribution >= 4 is 17.5 Å². The van der Waals surface area contributed by atoms with Crippen LogP contribution in [-0.4, -0.2) is 39.8 Å². The van der Waals surface area contributed by atoms with E-state index in [9.17, 15) is 9.50 Å². The summed E-state index contributed by atoms with van der Waals surface area (Å²) in [6.45, 7) is 3.98. The highest BCUT2D eigenvalue weighted by molar-refractivity contribution is 5.72. The minimum absolute atomic E-state index is 0.0216. The fraction of sp³-hybridized carbons (Fsp3) is 0.286. The second-order valence-electron chi connectivity index (χ2n) is 6.58. The number of aliphatic hydroxyl groups excluding tert-OH is 1. The SMILES string of the molecule is CCc1ccc(-c2cnc(OC)c(Nc3nc(NC[C@@H](C)O)ncc3F)c2)cc1. The molecule has 8 heteroatoms. The zero-order valence-corrected chi connectivity index (χ0v) is 16.6. The zero-order valence-electron chi connectivity index (χ0n) is 16.6. The molecule has 3 rings (SSSR count). The normalized spacial score (nSPS) is 11.8. The minimum atomic E-state index is -0.618. The molecule has 29 heavy (non-hydrogen) atoms. The molecule has 2 heterocycles. The second kappa shape index (κ2) is 9.29. The van der Waals surface area contributed by atoms with E-state index in [1.54, 1.807) is 13.1 Å². The van der Waals surface area contributed by atoms with Crippen LogP contribution in [0.3, 0.4) is 0 Å². The number of benzene rings is 1. The topological polar surface area (TPSA) is 92.2 Å². The quantitative estimate of drug-likeness (QED) is 0.533. The van der Waals surface area contributed by atoms with Crippen LogP contribution >= 0.6 is 0 Å². The van der Waals surface area contributed by atoms with Crippen LogP contribution in [0.5, 0.6) is 5.88 Å². The Hall–Kier alpha value is -3.26. The first-order chi connectivity index (χ1) is 14.0. The molecule has 1 aromatic carbocycles. The maximum Gasteiger partial charge on any atom is 0.237 e. The van der Waals surface area contributed by atoms with Crippen molar-refractivity contribution in [3.8, 4) is 17.0 Å². The number of halogens is 1. The highest BCUT2D eigenvalue weighted by atomic mass is 19.1. The van der Waals surface area contributed by atoms with E-state index in [1.807, 2.05) is 18.2 Å². The summed E-state index contributed by atoms with van der Waals surface area (Å²) in [5.41, 5.74) is 3.57. The fourth-order valence-corrected chi connectivity index (χ4v) is 2.70. The zero-order chi connectivity index (χ0) is 20.8. The first kappa shape index (κ1) is 20.5. The van der Waals surface area contributed by atoms with Gasteiger partial charge in [-0.25, -0.2) is 14.4 Å². The van der Waals surface area contributed by atoms with Gasteiger partial charge in [0.2, 0.25) is 11.8 Å². The number of aryl methyl sites for hydroxylation is 1. The van der Waals surface area contributed by atoms with Gasteiger partial charge in [-0.1, -0.05) is 31.2 Å². The predicted molar refractivity (Wildman–Crippen MR) is 111 cm³/mol. The molecule has 7 nitrogen and oxygen atoms in total. The minimum Gasteiger partial charge on any atom is -0.480 e. The number of pyridine rings is 1. The van der Waals surface area contributed by atoms with Crippen molar-refractivity contribution in [3.63, 3.8) is 0 Å². The van der Waals surface area contributed by atoms with Gasteiger partial charge < -0.3 is 20.5 Å². The van der Waals surface area contributed by atoms with Crippen molar-refractivity contribution in [2.24, 2.45) is 0 Å². The molecule has 1 atom stereocenters. The Morgan fingerprint density at radius 1 is 1.14 bits per heavy atom. The highest BCUT2D eigenvalue weighted by Crippen LogP contribution is 2.31. The third kappa shape index (κ3) is 5.17. The lowest BCUT2D eigenvalue weighted by Gasteiger charge is -2.13. The maximum absolute atomic E-state index is 14.3. The Morgan fingerprint density at radius 2 is 1.90 bits per heavy atom. The number of ether oxygens (including phenoxy) is 1. The Kier molecular flexibility index (Phi) is 6.56. The number of rotatable bonds is 8. The van der Waals surface area contributed by atoms with Crippen molar-refractivity contribution in [1.82, 2.24) is 15.0 Å². The van der Waals surface area contributed by atoms with Gasteiger partial charge in [-0.2, -0.15) is 4.98 Å². The lowest BCUT2D eigenvalue weighted by molar-refractivity contribution is 0.208. The molecule has 2 aromatic heterocycles. The highest BCUT2D eigenvalue weighted by Gasteiger charge is 2.13. The second-order valence-corrected chi connectivity index (χ2v) is 6.58. The van der Waals surface area contributed by atoms with Crippen LogP contribution in [0.15, 0.2) is 42.7 Å². The molecule has 152 valence electrons. The van der Waals surface area contributed by atoms with E-state index in [0.717, 1.165) is 23.7 Å². The molecule has 0 saturated heterocycles. The van der Waals surface area contributed by atoms with E-state index >= 15 is 0 Å². The van der Waals surface area contributed by atoms with Gasteiger partial charge in [-0.3, -0.25) is 0 Å². The van der Waals surface area contributed by atoms with Crippen molar-refractivity contribution in [2.45, 2.75) is 26.4 Å². The van der Waals surface area contributed by atoms with Crippen molar-refractivity contribution < 1.29 is 14.2 Å². The van der Waals surface area contributed by atoms with Crippen molar-refractivity contribution in [2.75, 3.05) is 24.3 Å². The van der Waals surface area contributed by atoms with Crippen LogP contribution in [0.2, 0.25) is 0 Å². The molecule has 0 aliphatic rings. The van der Waals surface area contributed by atoms with Crippen molar-refractivity contribution in [1.29, 1.82) is 0 Å². The summed E-state index contributed by atoms with van der Waals surface area (Å²) in [4.78, 5) is 12.3. The number of anilines is 3. The monoisotopic (exact) mass is 397 g/mol. The summed E-state index contributed by atoms with van der Waals surface area (Å²) >= 11 is 0. The molecule has 3 N–H and O–H groups in total. The van der Waals surface area contributed by atoms with Gasteiger partial charge in [0, 0.05) is 18.3 Å². The molecular formula is C21H24FN5O2. The molecule has 0 radical (unpaired) electrons. The van der Waals surface area contributed by atoms with E-state index in [4.69, 9.17) is 4.74 Å². The molecule has 3 aromatic rings. The third-order valence-corrected chi connectivity index (χ3v) is 4.29. The van der Waals surface area contributed by atoms with Gasteiger partial charge in [-0.15, -0.1) is 0 Å². The van der Waals surface area contributed by atoms with E-state index in [2.05, 4.69) is 44.6 Å². The molecular weight excluding hydrogens is 373 g/mol. The number of nitrogens with one attached hydrogen (secondary N) is 2. The number of nitrogens with zero attached hydrogens (tertiary/aromatic N) is 3. The summed E-state index contributed by atoms with van der Waals surface area (Å²) in [6, 6.07) is 10.0. The van der Waals surface area contributed by atoms with Crippen LogP contribution in [0.1, 0.15) is 19.4 Å². The first-order valence-electron chi connectivity index (χ1n) is 9.35. The number of methoxy groups -OCH3 is 1. The smallest absolute Gasteiger partial charge is 0.237 e.